The first kappa shape index (κ1) is 23.2. The number of benzene rings is 2. The van der Waals surface area contributed by atoms with Crippen molar-refractivity contribution in [3.05, 3.63) is 81.8 Å². The lowest BCUT2D eigenvalue weighted by atomic mass is 9.86. The summed E-state index contributed by atoms with van der Waals surface area (Å²) in [5.41, 5.74) is 3.82. The summed E-state index contributed by atoms with van der Waals surface area (Å²) in [4.78, 5) is 26.1. The highest BCUT2D eigenvalue weighted by atomic mass is 32.2. The Morgan fingerprint density at radius 3 is 1.55 bits per heavy atom. The van der Waals surface area contributed by atoms with Gasteiger partial charge in [-0.15, -0.1) is 11.8 Å². The van der Waals surface area contributed by atoms with Gasteiger partial charge < -0.3 is 0 Å². The Bertz CT molecular complexity index is 890. The van der Waals surface area contributed by atoms with E-state index in [0.29, 0.717) is 11.1 Å². The maximum absolute atomic E-state index is 12.7. The fourth-order valence-electron chi connectivity index (χ4n) is 2.96. The fraction of sp³-hybridized carbons (Fsp3) is 0.385. The third-order valence-electron chi connectivity index (χ3n) is 5.00. The van der Waals surface area contributed by atoms with Crippen molar-refractivity contribution in [1.29, 1.82) is 0 Å². The Kier molecular flexibility index (Phi) is 7.29. The summed E-state index contributed by atoms with van der Waals surface area (Å²) in [5.74, 6) is -0.0346. The van der Waals surface area contributed by atoms with Gasteiger partial charge >= 0.3 is 0 Å². The highest BCUT2D eigenvalue weighted by Crippen LogP contribution is 2.25. The minimum atomic E-state index is -0.0642. The van der Waals surface area contributed by atoms with Crippen LogP contribution >= 0.6 is 11.8 Å². The molecule has 0 heterocycles. The van der Waals surface area contributed by atoms with Crippen LogP contribution in [0.25, 0.3) is 0 Å². The summed E-state index contributed by atoms with van der Waals surface area (Å²) in [7, 11) is 0. The second kappa shape index (κ2) is 9.13. The maximum atomic E-state index is 12.7. The van der Waals surface area contributed by atoms with Gasteiger partial charge in [0.15, 0.2) is 11.6 Å². The molecule has 2 rings (SSSR count). The number of carbonyl (C=O) groups excluding carboxylic acids is 2. The smallest absolute Gasteiger partial charge is 0.186 e. The molecule has 0 spiro atoms. The normalized spacial score (nSPS) is 12.7. The number of thioether (sulfide) groups is 1. The quantitative estimate of drug-likeness (QED) is 0.382. The number of hydrogen-bond acceptors (Lipinski definition) is 3. The minimum absolute atomic E-state index is 0.0296. The molecule has 2 nitrogen and oxygen atoms in total. The lowest BCUT2D eigenvalue weighted by Gasteiger charge is -2.19. The third-order valence-corrected chi connectivity index (χ3v) is 5.78. The Labute approximate surface area is 179 Å². The first-order chi connectivity index (χ1) is 13.4. The second-order valence-corrected chi connectivity index (χ2v) is 10.4. The molecule has 3 heteroatoms. The van der Waals surface area contributed by atoms with Gasteiger partial charge in [0, 0.05) is 17.5 Å². The molecule has 154 valence electrons. The van der Waals surface area contributed by atoms with Crippen molar-refractivity contribution in [1.82, 2.24) is 0 Å². The van der Waals surface area contributed by atoms with Gasteiger partial charge in [-0.25, -0.2) is 0 Å². The lowest BCUT2D eigenvalue weighted by molar-refractivity contribution is 0.0995. The number of hydrogen-bond donors (Lipinski definition) is 0. The van der Waals surface area contributed by atoms with Crippen LogP contribution in [0.15, 0.2) is 59.5 Å². The van der Waals surface area contributed by atoms with E-state index in [1.807, 2.05) is 54.8 Å². The fourth-order valence-corrected chi connectivity index (χ4v) is 3.46. The summed E-state index contributed by atoms with van der Waals surface area (Å²) < 4.78 is 0. The van der Waals surface area contributed by atoms with Gasteiger partial charge in [-0.2, -0.15) is 0 Å². The van der Waals surface area contributed by atoms with E-state index in [2.05, 4.69) is 41.5 Å². The van der Waals surface area contributed by atoms with Gasteiger partial charge in [-0.3, -0.25) is 9.59 Å². The van der Waals surface area contributed by atoms with Crippen LogP contribution < -0.4 is 0 Å². The average molecular weight is 409 g/mol. The molecule has 0 aliphatic carbocycles. The van der Waals surface area contributed by atoms with Crippen LogP contribution in [-0.2, 0) is 10.8 Å². The second-order valence-electron chi connectivity index (χ2n) is 9.43. The molecule has 0 atom stereocenters. The number of Topliss-reactive ketones (excluding diaryl/α,β-unsaturated/α-hetero) is 1. The predicted octanol–water partition coefficient (Wildman–Crippen LogP) is 6.98. The summed E-state index contributed by atoms with van der Waals surface area (Å²) >= 11 is 1.45. The van der Waals surface area contributed by atoms with Crippen LogP contribution in [0, 0.1) is 0 Å². The molecule has 0 aliphatic rings. The van der Waals surface area contributed by atoms with Crippen molar-refractivity contribution in [2.45, 2.75) is 58.8 Å². The highest BCUT2D eigenvalue weighted by Gasteiger charge is 2.16. The molecule has 0 radical (unpaired) electrons. The zero-order valence-corrected chi connectivity index (χ0v) is 19.4. The molecule has 0 fully saturated rings. The Morgan fingerprint density at radius 1 is 0.759 bits per heavy atom. The van der Waals surface area contributed by atoms with Crippen molar-refractivity contribution < 1.29 is 9.59 Å². The van der Waals surface area contributed by atoms with E-state index in [1.165, 1.54) is 22.9 Å². The van der Waals surface area contributed by atoms with Gasteiger partial charge in [0.05, 0.1) is 0 Å². The SMILES string of the molecule is CS/C(=C\C(=O)c1ccc(C(C)(C)C)cc1)CC(=O)c1ccc(C(C)(C)C)cc1. The Morgan fingerprint density at radius 2 is 1.17 bits per heavy atom. The zero-order chi connectivity index (χ0) is 21.8. The first-order valence-electron chi connectivity index (χ1n) is 9.95. The molecule has 0 unspecified atom stereocenters. The zero-order valence-electron chi connectivity index (χ0n) is 18.6. The molecule has 2 aromatic carbocycles. The van der Waals surface area contributed by atoms with Crippen molar-refractivity contribution in [3.63, 3.8) is 0 Å². The van der Waals surface area contributed by atoms with Crippen LogP contribution in [0.5, 0.6) is 0 Å². The monoisotopic (exact) mass is 408 g/mol. The van der Waals surface area contributed by atoms with E-state index in [-0.39, 0.29) is 28.8 Å². The number of ketones is 2. The van der Waals surface area contributed by atoms with Gasteiger partial charge in [0.25, 0.3) is 0 Å². The third kappa shape index (κ3) is 6.43. The summed E-state index contributed by atoms with van der Waals surface area (Å²) in [5, 5.41) is 0. The van der Waals surface area contributed by atoms with Crippen molar-refractivity contribution in [2.24, 2.45) is 0 Å². The van der Waals surface area contributed by atoms with Gasteiger partial charge in [-0.05, 0) is 39.2 Å². The van der Waals surface area contributed by atoms with E-state index in [9.17, 15) is 9.59 Å². The van der Waals surface area contributed by atoms with E-state index in [0.717, 1.165) is 4.91 Å². The van der Waals surface area contributed by atoms with E-state index >= 15 is 0 Å². The Balaban J connectivity index is 2.13. The molecule has 0 saturated heterocycles. The van der Waals surface area contributed by atoms with Gasteiger partial charge in [-0.1, -0.05) is 90.1 Å². The summed E-state index contributed by atoms with van der Waals surface area (Å²) in [6.07, 6.45) is 3.73. The molecule has 0 amide bonds. The number of allylic oxidation sites excluding steroid dienone is 2. The predicted molar refractivity (Wildman–Crippen MR) is 125 cm³/mol. The molecule has 0 N–H and O–H groups in total. The maximum Gasteiger partial charge on any atom is 0.186 e. The topological polar surface area (TPSA) is 34.1 Å². The first-order valence-corrected chi connectivity index (χ1v) is 11.2. The molecule has 0 aromatic heterocycles. The van der Waals surface area contributed by atoms with Crippen LogP contribution in [0.2, 0.25) is 0 Å². The molecule has 0 bridgehead atoms. The van der Waals surface area contributed by atoms with Gasteiger partial charge in [0.1, 0.15) is 0 Å². The molecule has 0 saturated carbocycles. The molecule has 29 heavy (non-hydrogen) atoms. The summed E-state index contributed by atoms with van der Waals surface area (Å²) in [6.45, 7) is 12.9. The van der Waals surface area contributed by atoms with Crippen LogP contribution in [-0.4, -0.2) is 17.8 Å². The van der Waals surface area contributed by atoms with Crippen molar-refractivity contribution >= 4 is 23.3 Å². The average Bonchev–Trinajstić information content (AvgIpc) is 2.66. The van der Waals surface area contributed by atoms with E-state index < -0.39 is 0 Å². The highest BCUT2D eigenvalue weighted by molar-refractivity contribution is 8.02. The molecular formula is C26H32O2S. The van der Waals surface area contributed by atoms with Crippen LogP contribution in [0.4, 0.5) is 0 Å². The molecular weight excluding hydrogens is 376 g/mol. The van der Waals surface area contributed by atoms with Gasteiger partial charge in [0.2, 0.25) is 0 Å². The minimum Gasteiger partial charge on any atom is -0.294 e. The van der Waals surface area contributed by atoms with E-state index in [1.54, 1.807) is 6.08 Å². The van der Waals surface area contributed by atoms with E-state index in [4.69, 9.17) is 0 Å². The lowest BCUT2D eigenvalue weighted by Crippen LogP contribution is -2.11. The van der Waals surface area contributed by atoms with Crippen LogP contribution in [0.1, 0.15) is 79.8 Å². The number of rotatable bonds is 6. The largest absolute Gasteiger partial charge is 0.294 e. The van der Waals surface area contributed by atoms with Crippen molar-refractivity contribution in [2.75, 3.05) is 6.26 Å². The molecule has 2 aromatic rings. The van der Waals surface area contributed by atoms with Crippen LogP contribution in [0.3, 0.4) is 0 Å². The standard InChI is InChI=1S/C26H32O2S/c1-25(2,3)20-12-8-18(9-13-20)23(27)16-22(29-7)17-24(28)19-10-14-21(15-11-19)26(4,5)6/h8-16H,17H2,1-7H3/b22-16-. The Hall–Kier alpha value is -2.13. The summed E-state index contributed by atoms with van der Waals surface area (Å²) in [6, 6.07) is 15.5. The van der Waals surface area contributed by atoms with Crippen molar-refractivity contribution in [3.8, 4) is 0 Å². The number of carbonyl (C=O) groups is 2. The molecule has 0 aliphatic heterocycles.